The second-order valence-electron chi connectivity index (χ2n) is 8.70. The lowest BCUT2D eigenvalue weighted by molar-refractivity contribution is 0.121. The fraction of sp³-hybridized carbons (Fsp3) is 0.708. The molecule has 2 aliphatic rings. The third-order valence-electron chi connectivity index (χ3n) is 6.27. The molecule has 31 heavy (non-hydrogen) atoms. The van der Waals surface area contributed by atoms with Gasteiger partial charge in [0.2, 0.25) is 0 Å². The molecule has 2 N–H and O–H groups in total. The summed E-state index contributed by atoms with van der Waals surface area (Å²) in [6.45, 7) is 11.5. The number of halogens is 1. The van der Waals surface area contributed by atoms with Crippen molar-refractivity contribution in [3.63, 3.8) is 0 Å². The summed E-state index contributed by atoms with van der Waals surface area (Å²) in [5, 5.41) is 7.18. The molecule has 2 fully saturated rings. The standard InChI is InChI=1S/C24H41N5O.HI/c1-3-25-24(26-18-21-11-14-28(15-12-21)16-17-30-2)27-23-10-7-13-29(20-23)19-22-8-5-4-6-9-22;/h4-6,8-9,21,23H,3,7,10-20H2,1-2H3,(H2,25,26,27);1H. The third-order valence-corrected chi connectivity index (χ3v) is 6.27. The molecule has 2 aliphatic heterocycles. The molecule has 3 rings (SSSR count). The van der Waals surface area contributed by atoms with Gasteiger partial charge in [0, 0.05) is 45.9 Å². The van der Waals surface area contributed by atoms with Gasteiger partial charge in [-0.1, -0.05) is 30.3 Å². The van der Waals surface area contributed by atoms with Gasteiger partial charge in [-0.15, -0.1) is 24.0 Å². The van der Waals surface area contributed by atoms with Crippen LogP contribution in [0.25, 0.3) is 0 Å². The van der Waals surface area contributed by atoms with E-state index in [0.717, 1.165) is 45.3 Å². The summed E-state index contributed by atoms with van der Waals surface area (Å²) in [5.74, 6) is 1.69. The molecule has 2 heterocycles. The van der Waals surface area contributed by atoms with Gasteiger partial charge >= 0.3 is 0 Å². The van der Waals surface area contributed by atoms with Crippen LogP contribution in [0.3, 0.4) is 0 Å². The van der Waals surface area contributed by atoms with Crippen LogP contribution in [-0.2, 0) is 11.3 Å². The Morgan fingerprint density at radius 3 is 2.58 bits per heavy atom. The molecule has 1 atom stereocenters. The number of nitrogens with one attached hydrogen (secondary N) is 2. The number of hydrogen-bond donors (Lipinski definition) is 2. The predicted molar refractivity (Wildman–Crippen MR) is 140 cm³/mol. The lowest BCUT2D eigenvalue weighted by atomic mass is 9.97. The molecule has 1 unspecified atom stereocenters. The van der Waals surface area contributed by atoms with E-state index < -0.39 is 0 Å². The van der Waals surface area contributed by atoms with Gasteiger partial charge in [-0.25, -0.2) is 0 Å². The molecule has 0 amide bonds. The first kappa shape index (κ1) is 26.4. The highest BCUT2D eigenvalue weighted by Crippen LogP contribution is 2.17. The number of aliphatic imine (C=N–C) groups is 1. The fourth-order valence-corrected chi connectivity index (χ4v) is 4.51. The van der Waals surface area contributed by atoms with Crippen LogP contribution in [0.4, 0.5) is 0 Å². The Bertz CT molecular complexity index is 622. The molecule has 6 nitrogen and oxygen atoms in total. The molecule has 2 saturated heterocycles. The Hall–Kier alpha value is -0.900. The zero-order chi connectivity index (χ0) is 21.0. The molecule has 0 radical (unpaired) electrons. The zero-order valence-corrected chi connectivity index (χ0v) is 21.7. The minimum absolute atomic E-state index is 0. The maximum Gasteiger partial charge on any atom is 0.191 e. The van der Waals surface area contributed by atoms with Crippen molar-refractivity contribution in [1.82, 2.24) is 20.4 Å². The maximum absolute atomic E-state index is 5.21. The number of ether oxygens (including phenoxy) is 1. The predicted octanol–water partition coefficient (Wildman–Crippen LogP) is 3.18. The molecule has 0 spiro atoms. The number of likely N-dealkylation sites (tertiary alicyclic amines) is 2. The van der Waals surface area contributed by atoms with Gasteiger partial charge in [0.05, 0.1) is 6.61 Å². The van der Waals surface area contributed by atoms with E-state index in [0.29, 0.717) is 12.0 Å². The van der Waals surface area contributed by atoms with E-state index in [4.69, 9.17) is 9.73 Å². The molecule has 0 aromatic heterocycles. The second-order valence-corrected chi connectivity index (χ2v) is 8.70. The van der Waals surface area contributed by atoms with Crippen LogP contribution in [0.15, 0.2) is 35.3 Å². The molecule has 0 bridgehead atoms. The van der Waals surface area contributed by atoms with Crippen molar-refractivity contribution in [3.05, 3.63) is 35.9 Å². The first-order valence-corrected chi connectivity index (χ1v) is 11.8. The normalized spacial score (nSPS) is 21.5. The van der Waals surface area contributed by atoms with Gasteiger partial charge in [-0.2, -0.15) is 0 Å². The van der Waals surface area contributed by atoms with Gasteiger partial charge in [0.15, 0.2) is 5.96 Å². The number of methoxy groups -OCH3 is 1. The highest BCUT2D eigenvalue weighted by atomic mass is 127. The summed E-state index contributed by atoms with van der Waals surface area (Å²) >= 11 is 0. The van der Waals surface area contributed by atoms with E-state index >= 15 is 0 Å². The number of nitrogens with zero attached hydrogens (tertiary/aromatic N) is 3. The average Bonchev–Trinajstić information content (AvgIpc) is 2.78. The van der Waals surface area contributed by atoms with Crippen molar-refractivity contribution < 1.29 is 4.74 Å². The first-order chi connectivity index (χ1) is 14.8. The van der Waals surface area contributed by atoms with Crippen LogP contribution < -0.4 is 10.6 Å². The SMILES string of the molecule is CCNC(=NCC1CCN(CCOC)CC1)NC1CCCN(Cc2ccccc2)C1.I. The van der Waals surface area contributed by atoms with E-state index in [1.807, 2.05) is 0 Å². The summed E-state index contributed by atoms with van der Waals surface area (Å²) in [6, 6.07) is 11.3. The van der Waals surface area contributed by atoms with E-state index in [1.165, 1.54) is 50.9 Å². The number of rotatable bonds is 9. The van der Waals surface area contributed by atoms with Crippen LogP contribution in [-0.4, -0.2) is 81.3 Å². The monoisotopic (exact) mass is 543 g/mol. The topological polar surface area (TPSA) is 52.1 Å². The van der Waals surface area contributed by atoms with Crippen LogP contribution in [0.2, 0.25) is 0 Å². The molecule has 7 heteroatoms. The maximum atomic E-state index is 5.21. The van der Waals surface area contributed by atoms with Gasteiger partial charge in [-0.3, -0.25) is 9.89 Å². The van der Waals surface area contributed by atoms with Crippen LogP contribution in [0.5, 0.6) is 0 Å². The summed E-state index contributed by atoms with van der Waals surface area (Å²) in [4.78, 5) is 10.0. The lowest BCUT2D eigenvalue weighted by Crippen LogP contribution is -2.51. The molecule has 0 saturated carbocycles. The van der Waals surface area contributed by atoms with Crippen molar-refractivity contribution in [2.75, 3.05) is 59.5 Å². The quantitative estimate of drug-likeness (QED) is 0.285. The van der Waals surface area contributed by atoms with Crippen molar-refractivity contribution in [1.29, 1.82) is 0 Å². The van der Waals surface area contributed by atoms with E-state index in [2.05, 4.69) is 57.7 Å². The van der Waals surface area contributed by atoms with Crippen molar-refractivity contribution in [3.8, 4) is 0 Å². The smallest absolute Gasteiger partial charge is 0.191 e. The largest absolute Gasteiger partial charge is 0.383 e. The Labute approximate surface area is 206 Å². The lowest BCUT2D eigenvalue weighted by Gasteiger charge is -2.34. The number of benzene rings is 1. The van der Waals surface area contributed by atoms with Crippen molar-refractivity contribution in [2.45, 2.75) is 45.2 Å². The van der Waals surface area contributed by atoms with Gasteiger partial charge in [-0.05, 0) is 63.7 Å². The van der Waals surface area contributed by atoms with Gasteiger partial charge < -0.3 is 20.3 Å². The number of piperidine rings is 2. The van der Waals surface area contributed by atoms with Crippen LogP contribution >= 0.6 is 24.0 Å². The Morgan fingerprint density at radius 2 is 1.87 bits per heavy atom. The second kappa shape index (κ2) is 15.0. The highest BCUT2D eigenvalue weighted by molar-refractivity contribution is 14.0. The Morgan fingerprint density at radius 1 is 1.10 bits per heavy atom. The van der Waals surface area contributed by atoms with E-state index in [-0.39, 0.29) is 24.0 Å². The minimum atomic E-state index is 0. The average molecular weight is 544 g/mol. The Balaban J connectivity index is 0.00000341. The van der Waals surface area contributed by atoms with E-state index in [1.54, 1.807) is 7.11 Å². The summed E-state index contributed by atoms with van der Waals surface area (Å²) < 4.78 is 5.21. The third kappa shape index (κ3) is 9.63. The van der Waals surface area contributed by atoms with Crippen molar-refractivity contribution in [2.24, 2.45) is 10.9 Å². The van der Waals surface area contributed by atoms with Crippen molar-refractivity contribution >= 4 is 29.9 Å². The highest BCUT2D eigenvalue weighted by Gasteiger charge is 2.22. The molecular formula is C24H42IN5O. The molecular weight excluding hydrogens is 501 g/mol. The van der Waals surface area contributed by atoms with Crippen LogP contribution in [0.1, 0.15) is 38.2 Å². The molecule has 0 aliphatic carbocycles. The summed E-state index contributed by atoms with van der Waals surface area (Å²) in [5.41, 5.74) is 1.40. The van der Waals surface area contributed by atoms with E-state index in [9.17, 15) is 0 Å². The number of guanidine groups is 1. The molecule has 1 aromatic rings. The minimum Gasteiger partial charge on any atom is -0.383 e. The summed E-state index contributed by atoms with van der Waals surface area (Å²) in [7, 11) is 1.78. The number of hydrogen-bond acceptors (Lipinski definition) is 4. The fourth-order valence-electron chi connectivity index (χ4n) is 4.51. The molecule has 176 valence electrons. The Kier molecular flexibility index (Phi) is 12.8. The zero-order valence-electron chi connectivity index (χ0n) is 19.4. The van der Waals surface area contributed by atoms with Crippen LogP contribution in [0, 0.1) is 5.92 Å². The van der Waals surface area contributed by atoms with Gasteiger partial charge in [0.25, 0.3) is 0 Å². The molecule has 1 aromatic carbocycles. The summed E-state index contributed by atoms with van der Waals surface area (Å²) in [6.07, 6.45) is 4.93. The first-order valence-electron chi connectivity index (χ1n) is 11.8. The van der Waals surface area contributed by atoms with Gasteiger partial charge in [0.1, 0.15) is 0 Å².